The molecule has 0 aliphatic carbocycles. The number of carboxylic acid groups (broad SMARTS) is 2. The Morgan fingerprint density at radius 2 is 1.11 bits per heavy atom. The van der Waals surface area contributed by atoms with Crippen molar-refractivity contribution in [3.8, 4) is 0 Å². The van der Waals surface area contributed by atoms with E-state index in [1.807, 2.05) is 0 Å². The third-order valence-corrected chi connectivity index (χ3v) is 11.0. The number of nitrogens with zero attached hydrogens (tertiary/aromatic N) is 2. The maximum atomic E-state index is 13.7. The molecule has 6 heteroatoms. The van der Waals surface area contributed by atoms with Crippen LogP contribution in [0.15, 0.2) is 0 Å². The van der Waals surface area contributed by atoms with Crippen molar-refractivity contribution in [2.75, 3.05) is 14.1 Å². The van der Waals surface area contributed by atoms with Gasteiger partial charge in [-0.3, -0.25) is 19.4 Å². The second kappa shape index (κ2) is 10.9. The molecule has 36 heavy (non-hydrogen) atoms. The van der Waals surface area contributed by atoms with E-state index >= 15 is 0 Å². The van der Waals surface area contributed by atoms with Crippen LogP contribution in [0.4, 0.5) is 0 Å². The molecular weight excluding hydrogens is 452 g/mol. The minimum absolute atomic E-state index is 0.0370. The standard InChI is InChI=1S/C30H56N2O4/c1-26(2)20-17-22(28(5,6)31(26)9)30(25(35)36,19-15-13-11-12-14-16-24(33)34)23-18-21-27(3,4)32(10)29(23,7)8/h22-23H,11-21H2,1-10H3,(H,33,34)(H,35,36). The lowest BCUT2D eigenvalue weighted by Gasteiger charge is -2.65. The van der Waals surface area contributed by atoms with Gasteiger partial charge in [-0.05, 0) is 120 Å². The van der Waals surface area contributed by atoms with E-state index in [9.17, 15) is 14.7 Å². The summed E-state index contributed by atoms with van der Waals surface area (Å²) in [5, 5.41) is 20.1. The summed E-state index contributed by atoms with van der Waals surface area (Å²) in [6.45, 7) is 18.2. The minimum Gasteiger partial charge on any atom is -0.481 e. The Kier molecular flexibility index (Phi) is 9.43. The van der Waals surface area contributed by atoms with Crippen molar-refractivity contribution in [2.24, 2.45) is 17.3 Å². The van der Waals surface area contributed by atoms with Crippen LogP contribution >= 0.6 is 0 Å². The molecule has 2 aliphatic rings. The maximum absolute atomic E-state index is 13.7. The highest BCUT2D eigenvalue weighted by molar-refractivity contribution is 5.76. The van der Waals surface area contributed by atoms with Gasteiger partial charge in [-0.2, -0.15) is 0 Å². The molecule has 2 fully saturated rings. The van der Waals surface area contributed by atoms with Crippen molar-refractivity contribution in [1.82, 2.24) is 9.80 Å². The fourth-order valence-corrected chi connectivity index (χ4v) is 8.06. The Hall–Kier alpha value is -1.14. The van der Waals surface area contributed by atoms with Crippen molar-refractivity contribution in [3.63, 3.8) is 0 Å². The summed E-state index contributed by atoms with van der Waals surface area (Å²) in [5.41, 5.74) is -1.24. The van der Waals surface area contributed by atoms with Crippen LogP contribution in [0.25, 0.3) is 0 Å². The van der Waals surface area contributed by atoms with E-state index in [0.29, 0.717) is 12.8 Å². The minimum atomic E-state index is -0.816. The van der Waals surface area contributed by atoms with Gasteiger partial charge in [0, 0.05) is 28.6 Å². The molecule has 2 saturated heterocycles. The zero-order valence-corrected chi connectivity index (χ0v) is 25.0. The van der Waals surface area contributed by atoms with Gasteiger partial charge in [0.2, 0.25) is 0 Å². The molecule has 0 saturated carbocycles. The molecule has 2 aliphatic heterocycles. The van der Waals surface area contributed by atoms with Gasteiger partial charge in [0.15, 0.2) is 0 Å². The Morgan fingerprint density at radius 1 is 0.722 bits per heavy atom. The van der Waals surface area contributed by atoms with Gasteiger partial charge in [0.25, 0.3) is 0 Å². The van der Waals surface area contributed by atoms with Crippen LogP contribution in [-0.4, -0.2) is 68.2 Å². The molecule has 0 aromatic heterocycles. The number of likely N-dealkylation sites (tertiary alicyclic amines) is 2. The first-order valence-corrected chi connectivity index (χ1v) is 14.3. The van der Waals surface area contributed by atoms with Crippen molar-refractivity contribution < 1.29 is 19.8 Å². The molecule has 0 radical (unpaired) electrons. The summed E-state index contributed by atoms with van der Waals surface area (Å²) in [6.07, 6.45) is 9.13. The smallest absolute Gasteiger partial charge is 0.310 e. The monoisotopic (exact) mass is 508 g/mol. The van der Waals surface area contributed by atoms with Gasteiger partial charge in [-0.25, -0.2) is 0 Å². The van der Waals surface area contributed by atoms with Gasteiger partial charge in [0.1, 0.15) is 0 Å². The number of piperidine rings is 2. The average Bonchev–Trinajstić information content (AvgIpc) is 2.74. The number of hydrogen-bond donors (Lipinski definition) is 2. The third-order valence-electron chi connectivity index (χ3n) is 11.0. The van der Waals surface area contributed by atoms with Gasteiger partial charge >= 0.3 is 11.9 Å². The van der Waals surface area contributed by atoms with Crippen LogP contribution in [0.2, 0.25) is 0 Å². The highest BCUT2D eigenvalue weighted by Gasteiger charge is 2.64. The molecule has 0 aromatic rings. The van der Waals surface area contributed by atoms with E-state index in [1.165, 1.54) is 0 Å². The highest BCUT2D eigenvalue weighted by Crippen LogP contribution is 2.60. The number of unbranched alkanes of at least 4 members (excludes halogenated alkanes) is 4. The number of aliphatic carboxylic acids is 2. The number of carboxylic acids is 2. The lowest BCUT2D eigenvalue weighted by molar-refractivity contribution is -0.193. The van der Waals surface area contributed by atoms with E-state index in [0.717, 1.165) is 51.4 Å². The molecule has 2 atom stereocenters. The first-order chi connectivity index (χ1) is 16.3. The van der Waals surface area contributed by atoms with Crippen molar-refractivity contribution >= 4 is 11.9 Å². The summed E-state index contributed by atoms with van der Waals surface area (Å²) in [6, 6.07) is 0. The van der Waals surface area contributed by atoms with Gasteiger partial charge < -0.3 is 10.2 Å². The molecule has 0 aromatic carbocycles. The molecule has 6 nitrogen and oxygen atoms in total. The van der Waals surface area contributed by atoms with Crippen molar-refractivity contribution in [3.05, 3.63) is 0 Å². The SMILES string of the molecule is CN1C(C)(C)CCC(C(CCCCCCCC(=O)O)(C(=O)O)C2CCC(C)(C)N(C)C2(C)C)C1(C)C. The van der Waals surface area contributed by atoms with Crippen LogP contribution in [0.1, 0.15) is 126 Å². The first-order valence-electron chi connectivity index (χ1n) is 14.3. The summed E-state index contributed by atoms with van der Waals surface area (Å²) >= 11 is 0. The fourth-order valence-electron chi connectivity index (χ4n) is 8.06. The molecule has 0 bridgehead atoms. The van der Waals surface area contributed by atoms with E-state index in [2.05, 4.69) is 79.3 Å². The summed E-state index contributed by atoms with van der Waals surface area (Å²) in [7, 11) is 4.37. The topological polar surface area (TPSA) is 81.1 Å². The predicted octanol–water partition coefficient (Wildman–Crippen LogP) is 6.67. The van der Waals surface area contributed by atoms with Crippen LogP contribution < -0.4 is 0 Å². The lowest BCUT2D eigenvalue weighted by atomic mass is 9.49. The molecule has 210 valence electrons. The maximum Gasteiger partial charge on any atom is 0.310 e. The second-order valence-electron chi connectivity index (χ2n) is 14.2. The third kappa shape index (κ3) is 5.80. The molecule has 2 N–H and O–H groups in total. The number of rotatable bonds is 11. The lowest BCUT2D eigenvalue weighted by Crippen LogP contribution is -2.71. The average molecular weight is 509 g/mol. The Balaban J connectivity index is 2.46. The number of carbonyl (C=O) groups is 2. The summed E-state index contributed by atoms with van der Waals surface area (Å²) in [4.78, 5) is 29.4. The zero-order chi connectivity index (χ0) is 27.7. The quantitative estimate of drug-likeness (QED) is 0.303. The fraction of sp³-hybridized carbons (Fsp3) is 0.933. The van der Waals surface area contributed by atoms with Crippen LogP contribution in [-0.2, 0) is 9.59 Å². The molecular formula is C30H56N2O4. The first kappa shape index (κ1) is 31.1. The van der Waals surface area contributed by atoms with Gasteiger partial charge in [-0.15, -0.1) is 0 Å². The van der Waals surface area contributed by atoms with E-state index < -0.39 is 17.4 Å². The zero-order valence-electron chi connectivity index (χ0n) is 25.0. The second-order valence-corrected chi connectivity index (χ2v) is 14.2. The molecule has 2 rings (SSSR count). The molecule has 2 unspecified atom stereocenters. The highest BCUT2D eigenvalue weighted by atomic mass is 16.4. The predicted molar refractivity (Wildman–Crippen MR) is 147 cm³/mol. The largest absolute Gasteiger partial charge is 0.481 e. The molecule has 2 heterocycles. The van der Waals surface area contributed by atoms with Crippen molar-refractivity contribution in [2.45, 2.75) is 148 Å². The van der Waals surface area contributed by atoms with E-state index in [1.54, 1.807) is 0 Å². The Morgan fingerprint density at radius 3 is 1.50 bits per heavy atom. The number of hydrogen-bond acceptors (Lipinski definition) is 4. The van der Waals surface area contributed by atoms with Gasteiger partial charge in [0.05, 0.1) is 5.41 Å². The van der Waals surface area contributed by atoms with Crippen LogP contribution in [0.3, 0.4) is 0 Å². The Labute approximate surface area is 221 Å². The molecule has 0 spiro atoms. The van der Waals surface area contributed by atoms with E-state index in [4.69, 9.17) is 5.11 Å². The van der Waals surface area contributed by atoms with Gasteiger partial charge in [-0.1, -0.05) is 25.7 Å². The van der Waals surface area contributed by atoms with Crippen LogP contribution in [0, 0.1) is 17.3 Å². The van der Waals surface area contributed by atoms with Crippen molar-refractivity contribution in [1.29, 1.82) is 0 Å². The summed E-state index contributed by atoms with van der Waals surface area (Å²) < 4.78 is 0. The summed E-state index contributed by atoms with van der Waals surface area (Å²) in [5.74, 6) is -1.26. The van der Waals surface area contributed by atoms with E-state index in [-0.39, 0.29) is 40.4 Å². The normalized spacial score (nSPS) is 29.4. The van der Waals surface area contributed by atoms with Crippen LogP contribution in [0.5, 0.6) is 0 Å². The Bertz CT molecular complexity index is 744. The molecule has 0 amide bonds.